The molecule has 10 aromatic carbocycles. The third-order valence-corrected chi connectivity index (χ3v) is 12.3. The lowest BCUT2D eigenvalue weighted by Gasteiger charge is -2.21. The minimum absolute atomic E-state index is 0.0507. The van der Waals surface area contributed by atoms with Crippen molar-refractivity contribution in [3.05, 3.63) is 205 Å². The van der Waals surface area contributed by atoms with E-state index in [0.29, 0.717) is 0 Å². The highest BCUT2D eigenvalue weighted by molar-refractivity contribution is 6.21. The molecule has 0 fully saturated rings. The van der Waals surface area contributed by atoms with Crippen LogP contribution in [0.25, 0.3) is 98.7 Å². The summed E-state index contributed by atoms with van der Waals surface area (Å²) in [6.07, 6.45) is 0. The molecular weight excluding hydrogens is 661 g/mol. The van der Waals surface area contributed by atoms with E-state index < -0.39 is 0 Å². The van der Waals surface area contributed by atoms with Crippen LogP contribution in [-0.4, -0.2) is 0 Å². The van der Waals surface area contributed by atoms with Crippen LogP contribution in [0.2, 0.25) is 0 Å². The smallest absolute Gasteiger partial charge is 0.0159 e. The Morgan fingerprint density at radius 2 is 0.745 bits per heavy atom. The van der Waals surface area contributed by atoms with Gasteiger partial charge in [0.1, 0.15) is 0 Å². The lowest BCUT2D eigenvalue weighted by Crippen LogP contribution is -2.14. The van der Waals surface area contributed by atoms with E-state index in [1.54, 1.807) is 0 Å². The number of fused-ring (bicyclic) bond motifs is 8. The Kier molecular flexibility index (Phi) is 7.00. The molecule has 1 aliphatic carbocycles. The summed E-state index contributed by atoms with van der Waals surface area (Å²) in [6, 6.07) is 72.1. The zero-order valence-corrected chi connectivity index (χ0v) is 31.0. The minimum Gasteiger partial charge on any atom is -0.0616 e. The van der Waals surface area contributed by atoms with E-state index >= 15 is 0 Å². The predicted octanol–water partition coefficient (Wildman–Crippen LogP) is 15.3. The molecule has 0 nitrogen and oxygen atoms in total. The number of hydrogen-bond acceptors (Lipinski definition) is 0. The third-order valence-electron chi connectivity index (χ3n) is 12.3. The van der Waals surface area contributed by atoms with Crippen LogP contribution < -0.4 is 0 Å². The van der Waals surface area contributed by atoms with Gasteiger partial charge in [-0.2, -0.15) is 0 Å². The van der Waals surface area contributed by atoms with Crippen molar-refractivity contribution in [1.82, 2.24) is 0 Å². The van der Waals surface area contributed by atoms with Gasteiger partial charge in [-0.05, 0) is 122 Å². The van der Waals surface area contributed by atoms with Crippen LogP contribution in [0.1, 0.15) is 25.0 Å². The Morgan fingerprint density at radius 3 is 1.44 bits per heavy atom. The van der Waals surface area contributed by atoms with E-state index in [-0.39, 0.29) is 5.41 Å². The van der Waals surface area contributed by atoms with Crippen LogP contribution in [-0.2, 0) is 5.41 Å². The molecule has 0 unspecified atom stereocenters. The van der Waals surface area contributed by atoms with Gasteiger partial charge in [0, 0.05) is 5.41 Å². The van der Waals surface area contributed by atoms with Crippen LogP contribution in [0.4, 0.5) is 0 Å². The second-order valence-corrected chi connectivity index (χ2v) is 15.6. The van der Waals surface area contributed by atoms with Crippen molar-refractivity contribution < 1.29 is 0 Å². The topological polar surface area (TPSA) is 0 Å². The Bertz CT molecular complexity index is 3100. The SMILES string of the molecule is CC1(C)c2ccc(-c3cccc(-c4c5ccccc5c(-c5ccc(-c6cccc7ccccc67)cc5)c5ccccc45)c3)cc2-c2c1ccc1ccccc21. The van der Waals surface area contributed by atoms with Gasteiger partial charge in [0.05, 0.1) is 0 Å². The monoisotopic (exact) mass is 698 g/mol. The zero-order valence-electron chi connectivity index (χ0n) is 31.0. The maximum atomic E-state index is 2.44. The van der Waals surface area contributed by atoms with Crippen molar-refractivity contribution in [3.8, 4) is 55.6 Å². The van der Waals surface area contributed by atoms with Crippen LogP contribution in [0.15, 0.2) is 194 Å². The van der Waals surface area contributed by atoms with Crippen molar-refractivity contribution in [3.63, 3.8) is 0 Å². The average Bonchev–Trinajstić information content (AvgIpc) is 3.48. The first-order valence-electron chi connectivity index (χ1n) is 19.3. The minimum atomic E-state index is -0.0507. The van der Waals surface area contributed by atoms with Gasteiger partial charge in [0.2, 0.25) is 0 Å². The van der Waals surface area contributed by atoms with Crippen LogP contribution >= 0.6 is 0 Å². The molecular formula is C55H38. The summed E-state index contributed by atoms with van der Waals surface area (Å²) in [5, 5.41) is 10.2. The van der Waals surface area contributed by atoms with Crippen molar-refractivity contribution in [2.45, 2.75) is 19.3 Å². The molecule has 0 aromatic heterocycles. The molecule has 10 aromatic rings. The van der Waals surface area contributed by atoms with Gasteiger partial charge >= 0.3 is 0 Å². The fourth-order valence-corrected chi connectivity index (χ4v) is 9.60. The molecule has 258 valence electrons. The maximum Gasteiger partial charge on any atom is 0.0159 e. The molecule has 0 aliphatic heterocycles. The normalized spacial score (nSPS) is 13.1. The molecule has 0 amide bonds. The molecule has 0 heterocycles. The van der Waals surface area contributed by atoms with Crippen LogP contribution in [0, 0.1) is 0 Å². The number of benzene rings is 10. The molecule has 0 radical (unpaired) electrons. The highest BCUT2D eigenvalue weighted by Crippen LogP contribution is 2.52. The van der Waals surface area contributed by atoms with Crippen LogP contribution in [0.3, 0.4) is 0 Å². The van der Waals surface area contributed by atoms with Gasteiger partial charge in [-0.3, -0.25) is 0 Å². The Hall–Kier alpha value is -6.76. The van der Waals surface area contributed by atoms with Gasteiger partial charge in [0.25, 0.3) is 0 Å². The second kappa shape index (κ2) is 12.1. The largest absolute Gasteiger partial charge is 0.0616 e. The first-order valence-corrected chi connectivity index (χ1v) is 19.3. The second-order valence-electron chi connectivity index (χ2n) is 15.6. The summed E-state index contributed by atoms with van der Waals surface area (Å²) in [7, 11) is 0. The lowest BCUT2D eigenvalue weighted by molar-refractivity contribution is 0.661. The summed E-state index contributed by atoms with van der Waals surface area (Å²) in [5.41, 5.74) is 15.5. The highest BCUT2D eigenvalue weighted by atomic mass is 14.4. The molecule has 0 atom stereocenters. The van der Waals surface area contributed by atoms with Gasteiger partial charge in [-0.25, -0.2) is 0 Å². The van der Waals surface area contributed by atoms with Crippen molar-refractivity contribution in [2.75, 3.05) is 0 Å². The standard InChI is InChI=1S/C55H38/c1-55(2)50-31-30-40(34-49(50)54-44-19-6-4-14-36(44)29-32-51(54)55)39-16-11-17-41(33-39)53-47-22-9-7-20-45(47)52(46-21-8-10-23-48(46)53)38-27-25-37(26-28-38)43-24-12-15-35-13-3-5-18-42(35)43/h3-34H,1-2H3. The van der Waals surface area contributed by atoms with Gasteiger partial charge < -0.3 is 0 Å². The summed E-state index contributed by atoms with van der Waals surface area (Å²) in [6.45, 7) is 4.73. The van der Waals surface area contributed by atoms with E-state index in [4.69, 9.17) is 0 Å². The summed E-state index contributed by atoms with van der Waals surface area (Å²) in [5.74, 6) is 0. The summed E-state index contributed by atoms with van der Waals surface area (Å²) < 4.78 is 0. The molecule has 11 rings (SSSR count). The van der Waals surface area contributed by atoms with Crippen molar-refractivity contribution in [2.24, 2.45) is 0 Å². The number of hydrogen-bond donors (Lipinski definition) is 0. The van der Waals surface area contributed by atoms with Crippen LogP contribution in [0.5, 0.6) is 0 Å². The molecule has 55 heavy (non-hydrogen) atoms. The first-order chi connectivity index (χ1) is 27.0. The molecule has 0 saturated carbocycles. The van der Waals surface area contributed by atoms with Crippen molar-refractivity contribution in [1.29, 1.82) is 0 Å². The Balaban J connectivity index is 1.06. The zero-order chi connectivity index (χ0) is 36.7. The number of rotatable bonds is 4. The Morgan fingerprint density at radius 1 is 0.273 bits per heavy atom. The van der Waals surface area contributed by atoms with Gasteiger partial charge in [-0.15, -0.1) is 0 Å². The van der Waals surface area contributed by atoms with Gasteiger partial charge in [0.15, 0.2) is 0 Å². The maximum absolute atomic E-state index is 2.44. The fraction of sp³-hybridized carbons (Fsp3) is 0.0545. The molecule has 0 spiro atoms. The summed E-state index contributed by atoms with van der Waals surface area (Å²) in [4.78, 5) is 0. The Labute approximate surface area is 322 Å². The predicted molar refractivity (Wildman–Crippen MR) is 236 cm³/mol. The lowest BCUT2D eigenvalue weighted by atomic mass is 9.81. The molecule has 0 N–H and O–H groups in total. The first kappa shape index (κ1) is 31.7. The van der Waals surface area contributed by atoms with E-state index in [1.165, 1.54) is 110 Å². The van der Waals surface area contributed by atoms with E-state index in [0.717, 1.165) is 0 Å². The van der Waals surface area contributed by atoms with E-state index in [9.17, 15) is 0 Å². The van der Waals surface area contributed by atoms with E-state index in [1.807, 2.05) is 0 Å². The van der Waals surface area contributed by atoms with E-state index in [2.05, 4.69) is 208 Å². The quantitative estimate of drug-likeness (QED) is 0.161. The molecule has 0 saturated heterocycles. The molecule has 1 aliphatic rings. The highest BCUT2D eigenvalue weighted by Gasteiger charge is 2.36. The van der Waals surface area contributed by atoms with Gasteiger partial charge in [-0.1, -0.05) is 196 Å². The molecule has 0 bridgehead atoms. The third kappa shape index (κ3) is 4.85. The average molecular weight is 699 g/mol. The fourth-order valence-electron chi connectivity index (χ4n) is 9.60. The summed E-state index contributed by atoms with van der Waals surface area (Å²) >= 11 is 0. The van der Waals surface area contributed by atoms with Crippen molar-refractivity contribution >= 4 is 43.1 Å². The molecule has 0 heteroatoms.